The summed E-state index contributed by atoms with van der Waals surface area (Å²) in [6, 6.07) is 0. The molecule has 1 N–H and O–H groups in total. The van der Waals surface area contributed by atoms with Crippen LogP contribution < -0.4 is 0 Å². The maximum absolute atomic E-state index is 9.99. The zero-order valence-corrected chi connectivity index (χ0v) is 7.00. The van der Waals surface area contributed by atoms with Gasteiger partial charge >= 0.3 is 5.97 Å². The van der Waals surface area contributed by atoms with Crippen LogP contribution in [0.15, 0.2) is 12.2 Å². The highest BCUT2D eigenvalue weighted by molar-refractivity contribution is 5.79. The molecule has 0 fully saturated rings. The first-order valence-electron chi connectivity index (χ1n) is 3.56. The molecule has 0 aromatic heterocycles. The summed E-state index contributed by atoms with van der Waals surface area (Å²) in [6.45, 7) is 0. The van der Waals surface area contributed by atoms with E-state index in [1.54, 1.807) is 0 Å². The van der Waals surface area contributed by atoms with E-state index in [0.29, 0.717) is 12.8 Å². The fraction of sp³-hybridized carbons (Fsp3) is 0.182. The fourth-order valence-corrected chi connectivity index (χ4v) is 0.453. The van der Waals surface area contributed by atoms with Gasteiger partial charge < -0.3 is 5.11 Å². The summed E-state index contributed by atoms with van der Waals surface area (Å²) in [5.74, 6) is 11.8. The van der Waals surface area contributed by atoms with Crippen molar-refractivity contribution < 1.29 is 9.90 Å². The van der Waals surface area contributed by atoms with E-state index in [1.807, 2.05) is 0 Å². The number of terminal acetylenes is 1. The Morgan fingerprint density at radius 2 is 2.08 bits per heavy atom. The minimum atomic E-state index is -0.972. The lowest BCUT2D eigenvalue weighted by Crippen LogP contribution is -1.84. The summed E-state index contributed by atoms with van der Waals surface area (Å²) in [4.78, 5) is 9.99. The highest BCUT2D eigenvalue weighted by atomic mass is 16.4. The average Bonchev–Trinajstić information content (AvgIpc) is 2.09. The van der Waals surface area contributed by atoms with Crippen molar-refractivity contribution in [2.75, 3.05) is 0 Å². The number of carbonyl (C=O) groups is 1. The Hall–Kier alpha value is -2.11. The predicted molar refractivity (Wildman–Crippen MR) is 50.4 cm³/mol. The summed E-state index contributed by atoms with van der Waals surface area (Å²) in [5.41, 5.74) is 0. The van der Waals surface area contributed by atoms with Crippen molar-refractivity contribution in [3.05, 3.63) is 12.2 Å². The second kappa shape index (κ2) is 7.99. The molecule has 0 spiro atoms. The van der Waals surface area contributed by atoms with E-state index in [2.05, 4.69) is 29.6 Å². The van der Waals surface area contributed by atoms with Gasteiger partial charge in [-0.15, -0.1) is 6.42 Å². The largest absolute Gasteiger partial charge is 0.478 e. The number of carboxylic acids is 1. The molecule has 2 heteroatoms. The third-order valence-electron chi connectivity index (χ3n) is 0.910. The van der Waals surface area contributed by atoms with E-state index < -0.39 is 5.97 Å². The van der Waals surface area contributed by atoms with Gasteiger partial charge in [-0.05, 0) is 11.8 Å². The molecule has 0 saturated carbocycles. The number of carboxylic acid groups (broad SMARTS) is 1. The van der Waals surface area contributed by atoms with Crippen LogP contribution in [0.3, 0.4) is 0 Å². The lowest BCUT2D eigenvalue weighted by molar-refractivity contribution is -0.131. The van der Waals surface area contributed by atoms with Crippen molar-refractivity contribution in [2.45, 2.75) is 12.8 Å². The summed E-state index contributed by atoms with van der Waals surface area (Å²) in [6.07, 6.45) is 8.22. The zero-order valence-electron chi connectivity index (χ0n) is 7.00. The molecule has 0 unspecified atom stereocenters. The van der Waals surface area contributed by atoms with Crippen molar-refractivity contribution in [3.8, 4) is 36.0 Å². The first-order chi connectivity index (χ1) is 6.27. The molecule has 0 radical (unpaired) electrons. The van der Waals surface area contributed by atoms with Crippen LogP contribution in [-0.4, -0.2) is 11.1 Å². The molecule has 0 heterocycles. The molecule has 0 aliphatic heterocycles. The van der Waals surface area contributed by atoms with Crippen LogP contribution in [0, 0.1) is 36.0 Å². The minimum Gasteiger partial charge on any atom is -0.478 e. The molecule has 0 bridgehead atoms. The lowest BCUT2D eigenvalue weighted by atomic mass is 10.3. The maximum atomic E-state index is 9.99. The molecule has 0 amide bonds. The monoisotopic (exact) mass is 172 g/mol. The average molecular weight is 172 g/mol. The van der Waals surface area contributed by atoms with E-state index in [9.17, 15) is 4.79 Å². The van der Waals surface area contributed by atoms with Crippen molar-refractivity contribution in [1.82, 2.24) is 0 Å². The summed E-state index contributed by atoms with van der Waals surface area (Å²) in [7, 11) is 0. The Kier molecular flexibility index (Phi) is 6.69. The van der Waals surface area contributed by atoms with Crippen molar-refractivity contribution in [3.63, 3.8) is 0 Å². The Morgan fingerprint density at radius 3 is 2.69 bits per heavy atom. The normalized spacial score (nSPS) is 7.62. The van der Waals surface area contributed by atoms with Crippen LogP contribution >= 0.6 is 0 Å². The standard InChI is InChI=1S/C11H8O2/c1-2-3-4-5-6-7-8-9-10-11(12)13/h1,9-10H,3,8H2,(H,12,13). The van der Waals surface area contributed by atoms with Gasteiger partial charge in [0.15, 0.2) is 0 Å². The highest BCUT2D eigenvalue weighted by Gasteiger charge is 1.80. The number of rotatable bonds is 2. The molecule has 0 aliphatic rings. The first kappa shape index (κ1) is 10.9. The summed E-state index contributed by atoms with van der Waals surface area (Å²) >= 11 is 0. The van der Waals surface area contributed by atoms with Gasteiger partial charge in [-0.2, -0.15) is 0 Å². The molecule has 0 aliphatic carbocycles. The second-order valence-electron chi connectivity index (χ2n) is 1.93. The van der Waals surface area contributed by atoms with E-state index in [-0.39, 0.29) is 0 Å². The van der Waals surface area contributed by atoms with Gasteiger partial charge in [-0.25, -0.2) is 4.79 Å². The Bertz CT molecular complexity index is 348. The van der Waals surface area contributed by atoms with Gasteiger partial charge in [0.2, 0.25) is 0 Å². The first-order valence-corrected chi connectivity index (χ1v) is 3.56. The maximum Gasteiger partial charge on any atom is 0.328 e. The van der Waals surface area contributed by atoms with Crippen LogP contribution in [0.5, 0.6) is 0 Å². The number of hydrogen-bond acceptors (Lipinski definition) is 1. The van der Waals surface area contributed by atoms with Crippen molar-refractivity contribution in [1.29, 1.82) is 0 Å². The lowest BCUT2D eigenvalue weighted by Gasteiger charge is -1.75. The van der Waals surface area contributed by atoms with Crippen LogP contribution in [0.4, 0.5) is 0 Å². The van der Waals surface area contributed by atoms with Gasteiger partial charge in [0.05, 0.1) is 6.42 Å². The van der Waals surface area contributed by atoms with Gasteiger partial charge in [0.1, 0.15) is 0 Å². The Labute approximate surface area is 77.7 Å². The molecule has 0 aromatic carbocycles. The quantitative estimate of drug-likeness (QED) is 0.499. The zero-order chi connectivity index (χ0) is 9.94. The smallest absolute Gasteiger partial charge is 0.328 e. The van der Waals surface area contributed by atoms with E-state index in [1.165, 1.54) is 6.08 Å². The molecule has 0 rings (SSSR count). The van der Waals surface area contributed by atoms with Crippen molar-refractivity contribution in [2.24, 2.45) is 0 Å². The second-order valence-corrected chi connectivity index (χ2v) is 1.93. The Morgan fingerprint density at radius 1 is 1.38 bits per heavy atom. The van der Waals surface area contributed by atoms with Gasteiger partial charge in [-0.1, -0.05) is 23.8 Å². The number of allylic oxidation sites excluding steroid dienone is 1. The number of hydrogen-bond donors (Lipinski definition) is 1. The van der Waals surface area contributed by atoms with Crippen LogP contribution in [0.2, 0.25) is 0 Å². The molecule has 0 saturated heterocycles. The third kappa shape index (κ3) is 9.89. The minimum absolute atomic E-state index is 0.386. The summed E-state index contributed by atoms with van der Waals surface area (Å²) < 4.78 is 0. The van der Waals surface area contributed by atoms with Crippen molar-refractivity contribution >= 4 is 5.97 Å². The topological polar surface area (TPSA) is 37.3 Å². The molecule has 0 aromatic rings. The van der Waals surface area contributed by atoms with E-state index in [4.69, 9.17) is 11.5 Å². The van der Waals surface area contributed by atoms with E-state index >= 15 is 0 Å². The van der Waals surface area contributed by atoms with Gasteiger partial charge in [-0.3, -0.25) is 0 Å². The molecule has 64 valence electrons. The molecule has 13 heavy (non-hydrogen) atoms. The summed E-state index contributed by atoms with van der Waals surface area (Å²) in [5, 5.41) is 8.20. The van der Waals surface area contributed by atoms with E-state index in [0.717, 1.165) is 6.08 Å². The predicted octanol–water partition coefficient (Wildman–Crippen LogP) is 1.05. The molecule has 0 atom stereocenters. The van der Waals surface area contributed by atoms with Gasteiger partial charge in [0, 0.05) is 12.5 Å². The van der Waals surface area contributed by atoms with Crippen LogP contribution in [0.25, 0.3) is 0 Å². The highest BCUT2D eigenvalue weighted by Crippen LogP contribution is 1.79. The molecular weight excluding hydrogens is 164 g/mol. The van der Waals surface area contributed by atoms with Gasteiger partial charge in [0.25, 0.3) is 0 Å². The Balaban J connectivity index is 3.72. The molecular formula is C11H8O2. The van der Waals surface area contributed by atoms with Crippen LogP contribution in [0.1, 0.15) is 12.8 Å². The number of aliphatic carboxylic acids is 1. The van der Waals surface area contributed by atoms with Crippen LogP contribution in [-0.2, 0) is 4.79 Å². The third-order valence-corrected chi connectivity index (χ3v) is 0.910. The molecule has 2 nitrogen and oxygen atoms in total. The SMILES string of the molecule is C#CCC#CC#CCC=CC(=O)O. The fourth-order valence-electron chi connectivity index (χ4n) is 0.453.